The van der Waals surface area contributed by atoms with E-state index >= 15 is 0 Å². The van der Waals surface area contributed by atoms with Crippen molar-refractivity contribution in [1.82, 2.24) is 29.6 Å². The Morgan fingerprint density at radius 3 is 2.68 bits per heavy atom. The first-order chi connectivity index (χ1) is 13.7. The number of nitrogens with zero attached hydrogens (tertiary/aromatic N) is 6. The van der Waals surface area contributed by atoms with Gasteiger partial charge in [-0.3, -0.25) is 9.36 Å². The van der Waals surface area contributed by atoms with Crippen LogP contribution in [0.15, 0.2) is 35.4 Å². The van der Waals surface area contributed by atoms with Crippen LogP contribution in [-0.4, -0.2) is 48.6 Å². The van der Waals surface area contributed by atoms with Gasteiger partial charge in [-0.15, -0.1) is 0 Å². The van der Waals surface area contributed by atoms with E-state index in [0.29, 0.717) is 29.2 Å². The Bertz CT molecular complexity index is 980. The van der Waals surface area contributed by atoms with E-state index in [0.717, 1.165) is 50.2 Å². The molecule has 0 spiro atoms. The van der Waals surface area contributed by atoms with Crippen molar-refractivity contribution in [2.24, 2.45) is 5.92 Å². The van der Waals surface area contributed by atoms with Crippen molar-refractivity contribution >= 4 is 5.91 Å². The predicted octanol–water partition coefficient (Wildman–Crippen LogP) is 3.07. The van der Waals surface area contributed by atoms with E-state index in [1.165, 1.54) is 0 Å². The third-order valence-electron chi connectivity index (χ3n) is 5.52. The molecule has 1 amide bonds. The molecule has 0 aromatic carbocycles. The molecule has 3 aromatic rings. The summed E-state index contributed by atoms with van der Waals surface area (Å²) in [6.45, 7) is 3.83. The SMILES string of the molecule is CC1CCN(C(=O)c2cn(-c3ccc(-c4nc(C5CC5)no4)cn3)cn2)CC1. The van der Waals surface area contributed by atoms with Crippen molar-refractivity contribution in [2.45, 2.75) is 38.5 Å². The largest absolute Gasteiger partial charge is 0.337 e. The van der Waals surface area contributed by atoms with E-state index in [2.05, 4.69) is 27.0 Å². The quantitative estimate of drug-likeness (QED) is 0.693. The minimum atomic E-state index is -0.0132. The summed E-state index contributed by atoms with van der Waals surface area (Å²) in [6, 6.07) is 3.74. The molecule has 8 heteroatoms. The molecule has 1 aliphatic heterocycles. The average Bonchev–Trinajstić information content (AvgIpc) is 3.26. The fourth-order valence-electron chi connectivity index (χ4n) is 3.46. The first-order valence-corrected chi connectivity index (χ1v) is 9.81. The summed E-state index contributed by atoms with van der Waals surface area (Å²) in [5, 5.41) is 4.04. The molecule has 1 saturated heterocycles. The Labute approximate surface area is 162 Å². The second kappa shape index (κ2) is 6.85. The normalized spacial score (nSPS) is 17.8. The van der Waals surface area contributed by atoms with Crippen molar-refractivity contribution in [1.29, 1.82) is 0 Å². The summed E-state index contributed by atoms with van der Waals surface area (Å²) in [5.41, 5.74) is 1.23. The number of hydrogen-bond acceptors (Lipinski definition) is 6. The van der Waals surface area contributed by atoms with Crippen molar-refractivity contribution in [3.63, 3.8) is 0 Å². The van der Waals surface area contributed by atoms with Crippen LogP contribution < -0.4 is 0 Å². The fourth-order valence-corrected chi connectivity index (χ4v) is 3.46. The maximum atomic E-state index is 12.7. The average molecular weight is 378 g/mol. The molecule has 0 unspecified atom stereocenters. The van der Waals surface area contributed by atoms with Gasteiger partial charge in [0.05, 0.1) is 5.56 Å². The molecule has 3 aromatic heterocycles. The number of hydrogen-bond donors (Lipinski definition) is 0. The van der Waals surface area contributed by atoms with Crippen molar-refractivity contribution in [3.05, 3.63) is 42.4 Å². The lowest BCUT2D eigenvalue weighted by Crippen LogP contribution is -2.38. The van der Waals surface area contributed by atoms with Gasteiger partial charge in [0.15, 0.2) is 5.82 Å². The maximum Gasteiger partial charge on any atom is 0.274 e. The number of carbonyl (C=O) groups excluding carboxylic acids is 1. The number of pyridine rings is 1. The number of piperidine rings is 1. The van der Waals surface area contributed by atoms with Crippen LogP contribution >= 0.6 is 0 Å². The highest BCUT2D eigenvalue weighted by Gasteiger charge is 2.29. The van der Waals surface area contributed by atoms with Crippen LogP contribution in [0, 0.1) is 5.92 Å². The molecule has 4 heterocycles. The minimum Gasteiger partial charge on any atom is -0.337 e. The van der Waals surface area contributed by atoms with Gasteiger partial charge in [0, 0.05) is 31.4 Å². The molecule has 0 N–H and O–H groups in total. The highest BCUT2D eigenvalue weighted by molar-refractivity contribution is 5.92. The third kappa shape index (κ3) is 3.30. The van der Waals surface area contributed by atoms with Crippen LogP contribution in [0.3, 0.4) is 0 Å². The fraction of sp³-hybridized carbons (Fsp3) is 0.450. The van der Waals surface area contributed by atoms with Crippen LogP contribution in [0.4, 0.5) is 0 Å². The number of aromatic nitrogens is 5. The standard InChI is InChI=1S/C20H22N6O2/c1-13-6-8-25(9-7-13)20(27)16-11-26(12-22-16)17-5-4-15(10-21-17)19-23-18(24-28-19)14-2-3-14/h4-5,10-14H,2-3,6-9H2,1H3. The van der Waals surface area contributed by atoms with Gasteiger partial charge in [-0.05, 0) is 43.7 Å². The van der Waals surface area contributed by atoms with E-state index in [-0.39, 0.29) is 5.91 Å². The summed E-state index contributed by atoms with van der Waals surface area (Å²) < 4.78 is 7.09. The zero-order valence-corrected chi connectivity index (χ0v) is 15.8. The van der Waals surface area contributed by atoms with E-state index in [1.807, 2.05) is 17.0 Å². The number of likely N-dealkylation sites (tertiary alicyclic amines) is 1. The van der Waals surface area contributed by atoms with Crippen molar-refractivity contribution in [3.8, 4) is 17.3 Å². The molecule has 28 heavy (non-hydrogen) atoms. The molecule has 5 rings (SSSR count). The third-order valence-corrected chi connectivity index (χ3v) is 5.52. The highest BCUT2D eigenvalue weighted by atomic mass is 16.5. The minimum absolute atomic E-state index is 0.0132. The molecule has 0 bridgehead atoms. The lowest BCUT2D eigenvalue weighted by atomic mass is 9.99. The predicted molar refractivity (Wildman–Crippen MR) is 101 cm³/mol. The molecule has 0 radical (unpaired) electrons. The topological polar surface area (TPSA) is 89.9 Å². The van der Waals surface area contributed by atoms with Crippen LogP contribution in [0.5, 0.6) is 0 Å². The summed E-state index contributed by atoms with van der Waals surface area (Å²) >= 11 is 0. The molecule has 8 nitrogen and oxygen atoms in total. The summed E-state index contributed by atoms with van der Waals surface area (Å²) in [6.07, 6.45) is 9.43. The van der Waals surface area contributed by atoms with Gasteiger partial charge in [-0.2, -0.15) is 4.98 Å². The van der Waals surface area contributed by atoms with Crippen LogP contribution in [0.2, 0.25) is 0 Å². The highest BCUT2D eigenvalue weighted by Crippen LogP contribution is 2.38. The maximum absolute atomic E-state index is 12.7. The molecule has 0 atom stereocenters. The van der Waals surface area contributed by atoms with Gasteiger partial charge in [0.2, 0.25) is 0 Å². The van der Waals surface area contributed by atoms with Gasteiger partial charge in [0.1, 0.15) is 17.8 Å². The second-order valence-electron chi connectivity index (χ2n) is 7.78. The monoisotopic (exact) mass is 378 g/mol. The van der Waals surface area contributed by atoms with Crippen LogP contribution in [-0.2, 0) is 0 Å². The Balaban J connectivity index is 1.30. The molecule has 144 valence electrons. The van der Waals surface area contributed by atoms with E-state index in [4.69, 9.17) is 4.52 Å². The van der Waals surface area contributed by atoms with E-state index in [9.17, 15) is 4.79 Å². The smallest absolute Gasteiger partial charge is 0.274 e. The van der Waals surface area contributed by atoms with E-state index < -0.39 is 0 Å². The second-order valence-corrected chi connectivity index (χ2v) is 7.78. The first-order valence-electron chi connectivity index (χ1n) is 9.81. The Morgan fingerprint density at radius 2 is 1.96 bits per heavy atom. The number of carbonyl (C=O) groups is 1. The first kappa shape index (κ1) is 17.1. The summed E-state index contributed by atoms with van der Waals surface area (Å²) in [7, 11) is 0. The number of amides is 1. The molecule has 2 aliphatic rings. The lowest BCUT2D eigenvalue weighted by molar-refractivity contribution is 0.0692. The Morgan fingerprint density at radius 1 is 1.14 bits per heavy atom. The molecular formula is C20H22N6O2. The molecule has 1 saturated carbocycles. The molecule has 1 aliphatic carbocycles. The van der Waals surface area contributed by atoms with Crippen LogP contribution in [0.1, 0.15) is 54.8 Å². The zero-order chi connectivity index (χ0) is 19.1. The molecule has 2 fully saturated rings. The summed E-state index contributed by atoms with van der Waals surface area (Å²) in [5.74, 6) is 3.08. The van der Waals surface area contributed by atoms with Crippen molar-refractivity contribution in [2.75, 3.05) is 13.1 Å². The number of rotatable bonds is 4. The van der Waals surface area contributed by atoms with E-state index in [1.54, 1.807) is 23.3 Å². The van der Waals surface area contributed by atoms with Crippen LogP contribution in [0.25, 0.3) is 17.3 Å². The zero-order valence-electron chi connectivity index (χ0n) is 15.8. The lowest BCUT2D eigenvalue weighted by Gasteiger charge is -2.29. The van der Waals surface area contributed by atoms with Gasteiger partial charge in [-0.25, -0.2) is 9.97 Å². The Hall–Kier alpha value is -3.03. The van der Waals surface area contributed by atoms with Gasteiger partial charge < -0.3 is 9.42 Å². The molecular weight excluding hydrogens is 356 g/mol. The van der Waals surface area contributed by atoms with Gasteiger partial charge in [0.25, 0.3) is 11.8 Å². The van der Waals surface area contributed by atoms with Gasteiger partial charge >= 0.3 is 0 Å². The van der Waals surface area contributed by atoms with Crippen molar-refractivity contribution < 1.29 is 9.32 Å². The number of imidazole rings is 1. The Kier molecular flexibility index (Phi) is 4.18. The van der Waals surface area contributed by atoms with Gasteiger partial charge in [-0.1, -0.05) is 12.1 Å². The summed E-state index contributed by atoms with van der Waals surface area (Å²) in [4.78, 5) is 27.7.